The molecule has 5 aromatic carbocycles. The van der Waals surface area contributed by atoms with E-state index in [4.69, 9.17) is 28.4 Å². The van der Waals surface area contributed by atoms with Crippen molar-refractivity contribution in [3.05, 3.63) is 137 Å². The van der Waals surface area contributed by atoms with E-state index in [2.05, 4.69) is 19.1 Å². The lowest BCUT2D eigenvalue weighted by molar-refractivity contribution is -0.138. The molecule has 0 aliphatic carbocycles. The molecule has 5 aromatic rings. The molecule has 10 heteroatoms. The minimum Gasteiger partial charge on any atom is -0.508 e. The van der Waals surface area contributed by atoms with E-state index >= 15 is 0 Å². The van der Waals surface area contributed by atoms with Crippen LogP contribution in [0.3, 0.4) is 0 Å². The van der Waals surface area contributed by atoms with Gasteiger partial charge in [0, 0.05) is 13.5 Å². The highest BCUT2D eigenvalue weighted by Crippen LogP contribution is 2.39. The Kier molecular flexibility index (Phi) is 14.8. The molecule has 0 spiro atoms. The molecule has 10 nitrogen and oxygen atoms in total. The van der Waals surface area contributed by atoms with E-state index in [1.54, 1.807) is 52.6 Å². The van der Waals surface area contributed by atoms with Gasteiger partial charge < -0.3 is 38.4 Å². The van der Waals surface area contributed by atoms with Crippen LogP contribution in [0.5, 0.6) is 40.2 Å². The van der Waals surface area contributed by atoms with E-state index in [0.717, 1.165) is 39.8 Å². The summed E-state index contributed by atoms with van der Waals surface area (Å²) < 4.78 is 33.4. The molecule has 296 valence electrons. The highest BCUT2D eigenvalue weighted by atomic mass is 16.6. The molecular formula is C47H49NO9. The normalized spacial score (nSPS) is 11.4. The van der Waals surface area contributed by atoms with E-state index in [1.165, 1.54) is 17.6 Å². The van der Waals surface area contributed by atoms with E-state index in [9.17, 15) is 14.7 Å². The zero-order valence-electron chi connectivity index (χ0n) is 33.2. The molecule has 0 radical (unpaired) electrons. The van der Waals surface area contributed by atoms with Crippen LogP contribution in [0.25, 0.3) is 23.3 Å². The molecule has 0 bridgehead atoms. The van der Waals surface area contributed by atoms with Crippen molar-refractivity contribution in [3.63, 3.8) is 0 Å². The Bertz CT molecular complexity index is 2150. The lowest BCUT2D eigenvalue weighted by Gasteiger charge is -2.18. The second-order valence-corrected chi connectivity index (χ2v) is 13.0. The van der Waals surface area contributed by atoms with Crippen LogP contribution in [0.15, 0.2) is 109 Å². The summed E-state index contributed by atoms with van der Waals surface area (Å²) in [5.74, 6) is 2.29. The summed E-state index contributed by atoms with van der Waals surface area (Å²) in [6.07, 6.45) is 4.40. The highest BCUT2D eigenvalue weighted by Gasteiger charge is 2.17. The standard InChI is InChI=1S/C47H49NO9/c1-7-39(34-11-9-8-10-12-34)46(35-16-20-37(49)21-17-35)36-18-22-38(23-19-36)56-28-27-48(2)44(50)25-26-45(51)57-41-29-32(15-24-40(41)52-3)13-14-33-30-42(53-4)47(55-6)43(31-33)54-5/h8-24,29-31,49H,7,25-28H2,1-6H3/b14-13-,46-39-. The van der Waals surface area contributed by atoms with E-state index in [1.807, 2.05) is 84.9 Å². The summed E-state index contributed by atoms with van der Waals surface area (Å²) in [4.78, 5) is 27.4. The number of esters is 1. The van der Waals surface area contributed by atoms with Crippen molar-refractivity contribution < 1.29 is 43.1 Å². The summed E-state index contributed by atoms with van der Waals surface area (Å²) in [6.45, 7) is 2.73. The van der Waals surface area contributed by atoms with Gasteiger partial charge >= 0.3 is 5.97 Å². The van der Waals surface area contributed by atoms with E-state index < -0.39 is 5.97 Å². The zero-order chi connectivity index (χ0) is 40.7. The topological polar surface area (TPSA) is 113 Å². The Morgan fingerprint density at radius 2 is 1.25 bits per heavy atom. The van der Waals surface area contributed by atoms with Gasteiger partial charge in [0.2, 0.25) is 11.7 Å². The average molecular weight is 772 g/mol. The number of rotatable bonds is 18. The van der Waals surface area contributed by atoms with Crippen molar-refractivity contribution >= 4 is 35.2 Å². The molecular weight excluding hydrogens is 723 g/mol. The summed E-state index contributed by atoms with van der Waals surface area (Å²) in [5, 5.41) is 9.93. The van der Waals surface area contributed by atoms with Gasteiger partial charge in [0.25, 0.3) is 0 Å². The van der Waals surface area contributed by atoms with Gasteiger partial charge in [-0.2, -0.15) is 0 Å². The minimum absolute atomic E-state index is 0.0272. The number of hydrogen-bond acceptors (Lipinski definition) is 9. The first-order valence-corrected chi connectivity index (χ1v) is 18.6. The SMILES string of the molecule is CC/C(=C(\c1ccc(O)cc1)c1ccc(OCCN(C)C(=O)CCC(=O)Oc2cc(/C=C\c3cc(OC)c(OC)c(OC)c3)ccc2OC)cc1)c1ccccc1. The van der Waals surface area contributed by atoms with E-state index in [0.29, 0.717) is 35.3 Å². The molecule has 0 aliphatic heterocycles. The van der Waals surface area contributed by atoms with Crippen LogP contribution in [0.1, 0.15) is 54.0 Å². The number of methoxy groups -OCH3 is 4. The predicted molar refractivity (Wildman–Crippen MR) is 223 cm³/mol. The van der Waals surface area contributed by atoms with Crippen molar-refractivity contribution in [1.29, 1.82) is 0 Å². The fraction of sp³-hybridized carbons (Fsp3) is 0.234. The maximum Gasteiger partial charge on any atom is 0.311 e. The predicted octanol–water partition coefficient (Wildman–Crippen LogP) is 9.19. The molecule has 0 heterocycles. The highest BCUT2D eigenvalue weighted by molar-refractivity contribution is 5.98. The number of carbonyl (C=O) groups excluding carboxylic acids is 2. The third-order valence-corrected chi connectivity index (χ3v) is 9.31. The number of ether oxygens (including phenoxy) is 6. The first-order valence-electron chi connectivity index (χ1n) is 18.6. The number of nitrogens with zero attached hydrogens (tertiary/aromatic N) is 1. The number of carbonyl (C=O) groups is 2. The Morgan fingerprint density at radius 3 is 1.84 bits per heavy atom. The van der Waals surface area contributed by atoms with Crippen molar-refractivity contribution in [2.45, 2.75) is 26.2 Å². The maximum atomic E-state index is 12.9. The summed E-state index contributed by atoms with van der Waals surface area (Å²) in [6, 6.07) is 34.3. The zero-order valence-corrected chi connectivity index (χ0v) is 33.2. The molecule has 0 fully saturated rings. The first-order chi connectivity index (χ1) is 27.7. The van der Waals surface area contributed by atoms with Crippen LogP contribution >= 0.6 is 0 Å². The Morgan fingerprint density at radius 1 is 0.649 bits per heavy atom. The number of likely N-dealkylation sites (N-methyl/N-ethyl adjacent to an activating group) is 1. The molecule has 0 saturated carbocycles. The number of allylic oxidation sites excluding steroid dienone is 1. The van der Waals surface area contributed by atoms with Crippen molar-refractivity contribution in [2.24, 2.45) is 0 Å². The van der Waals surface area contributed by atoms with Gasteiger partial charge in [-0.05, 0) is 93.9 Å². The first kappa shape index (κ1) is 41.5. The van der Waals surface area contributed by atoms with Gasteiger partial charge in [-0.15, -0.1) is 0 Å². The third-order valence-electron chi connectivity index (χ3n) is 9.31. The molecule has 5 rings (SSSR count). The summed E-state index contributed by atoms with van der Waals surface area (Å²) in [5.41, 5.74) is 6.98. The molecule has 0 unspecified atom stereocenters. The second-order valence-electron chi connectivity index (χ2n) is 13.0. The van der Waals surface area contributed by atoms with Crippen LogP contribution in [0.2, 0.25) is 0 Å². The van der Waals surface area contributed by atoms with Crippen LogP contribution in [0, 0.1) is 0 Å². The number of benzene rings is 5. The smallest absolute Gasteiger partial charge is 0.311 e. The number of hydrogen-bond donors (Lipinski definition) is 1. The Labute approximate surface area is 334 Å². The number of phenolic OH excluding ortho intramolecular Hbond substituents is 1. The molecule has 0 saturated heterocycles. The van der Waals surface area contributed by atoms with Gasteiger partial charge in [-0.25, -0.2) is 0 Å². The lowest BCUT2D eigenvalue weighted by atomic mass is 9.88. The quantitative estimate of drug-likeness (QED) is 0.0529. The van der Waals surface area contributed by atoms with Crippen LogP contribution < -0.4 is 28.4 Å². The number of phenols is 1. The van der Waals surface area contributed by atoms with Crippen molar-refractivity contribution in [1.82, 2.24) is 4.90 Å². The second kappa shape index (κ2) is 20.3. The van der Waals surface area contributed by atoms with Gasteiger partial charge in [0.15, 0.2) is 23.0 Å². The summed E-state index contributed by atoms with van der Waals surface area (Å²) in [7, 11) is 7.83. The molecule has 1 N–H and O–H groups in total. The molecule has 0 aromatic heterocycles. The monoisotopic (exact) mass is 771 g/mol. The molecule has 0 atom stereocenters. The third kappa shape index (κ3) is 11.0. The number of amides is 1. The Balaban J connectivity index is 1.15. The fourth-order valence-electron chi connectivity index (χ4n) is 6.29. The van der Waals surface area contributed by atoms with Crippen LogP contribution in [-0.4, -0.2) is 70.5 Å². The molecule has 57 heavy (non-hydrogen) atoms. The lowest BCUT2D eigenvalue weighted by Crippen LogP contribution is -2.31. The summed E-state index contributed by atoms with van der Waals surface area (Å²) >= 11 is 0. The minimum atomic E-state index is -0.559. The van der Waals surface area contributed by atoms with Gasteiger partial charge in [0.05, 0.1) is 41.4 Å². The molecule has 1 amide bonds. The van der Waals surface area contributed by atoms with Gasteiger partial charge in [-0.1, -0.05) is 79.7 Å². The van der Waals surface area contributed by atoms with Crippen LogP contribution in [-0.2, 0) is 9.59 Å². The largest absolute Gasteiger partial charge is 0.508 e. The molecule has 0 aliphatic rings. The van der Waals surface area contributed by atoms with Crippen molar-refractivity contribution in [3.8, 4) is 40.2 Å². The average Bonchev–Trinajstić information content (AvgIpc) is 3.24. The number of aromatic hydroxyl groups is 1. The Hall–Kier alpha value is -6.68. The maximum absolute atomic E-state index is 12.9. The van der Waals surface area contributed by atoms with Gasteiger partial charge in [0.1, 0.15) is 18.1 Å². The van der Waals surface area contributed by atoms with Crippen molar-refractivity contribution in [2.75, 3.05) is 48.6 Å². The van der Waals surface area contributed by atoms with E-state index in [-0.39, 0.29) is 36.9 Å². The van der Waals surface area contributed by atoms with Crippen LogP contribution in [0.4, 0.5) is 0 Å². The van der Waals surface area contributed by atoms with Gasteiger partial charge in [-0.3, -0.25) is 9.59 Å². The fourth-order valence-corrected chi connectivity index (χ4v) is 6.29.